The third kappa shape index (κ3) is 4.54. The number of fused-ring (bicyclic) bond motifs is 5. The largest absolute Gasteiger partial charge is 0.461 e. The van der Waals surface area contributed by atoms with Crippen LogP contribution in [0, 0.1) is 17.2 Å². The first kappa shape index (κ1) is 27.5. The van der Waals surface area contributed by atoms with Crippen molar-refractivity contribution in [2.75, 3.05) is 44.2 Å². The zero-order valence-electron chi connectivity index (χ0n) is 24.9. The Morgan fingerprint density at radius 3 is 2.98 bits per heavy atom. The van der Waals surface area contributed by atoms with Gasteiger partial charge in [0.2, 0.25) is 5.91 Å². The number of halogens is 1. The van der Waals surface area contributed by atoms with E-state index >= 15 is 0 Å². The Hall–Kier alpha value is -4.03. The summed E-state index contributed by atoms with van der Waals surface area (Å²) in [4.78, 5) is 28.6. The van der Waals surface area contributed by atoms with Crippen molar-refractivity contribution < 1.29 is 13.9 Å². The van der Waals surface area contributed by atoms with Crippen LogP contribution in [0.5, 0.6) is 6.01 Å². The number of nitriles is 1. The Morgan fingerprint density at radius 1 is 1.20 bits per heavy atom. The van der Waals surface area contributed by atoms with Crippen LogP contribution in [0.15, 0.2) is 49.1 Å². The first-order valence-corrected chi connectivity index (χ1v) is 16.0. The molecule has 3 aromatic rings. The van der Waals surface area contributed by atoms with Crippen molar-refractivity contribution in [2.45, 2.75) is 62.2 Å². The first-order chi connectivity index (χ1) is 21.5. The van der Waals surface area contributed by atoms with Gasteiger partial charge in [0.05, 0.1) is 29.6 Å². The summed E-state index contributed by atoms with van der Waals surface area (Å²) in [6.45, 7) is 6.86. The van der Waals surface area contributed by atoms with E-state index < -0.39 is 6.17 Å². The second-order valence-electron chi connectivity index (χ2n) is 13.3. The predicted molar refractivity (Wildman–Crippen MR) is 166 cm³/mol. The quantitative estimate of drug-likeness (QED) is 0.356. The molecule has 1 aromatic heterocycles. The maximum absolute atomic E-state index is 14.5. The fraction of sp³-hybridized carbons (Fsp3) is 0.486. The number of rotatable bonds is 7. The van der Waals surface area contributed by atoms with E-state index in [1.165, 1.54) is 29.2 Å². The standard InChI is InChI=1S/C35H37FN6O2/c1-2-32(43)42-14-13-40(20-25(42)9-11-37)33-28-8-7-22(26-5-3-6-27-29-15-23(29)16-30(26)27)17-31(28)38-34(39-33)44-21-35-10-4-12-41(35)19-24(36)18-35/h2-3,5-8,17,23-25,29H,1,4,9-10,12-16,18-21H2/t23?,24-,25+,29?,35+/m1/s1. The van der Waals surface area contributed by atoms with Crippen LogP contribution in [-0.4, -0.2) is 82.8 Å². The maximum atomic E-state index is 14.5. The number of aromatic nitrogens is 2. The highest BCUT2D eigenvalue weighted by molar-refractivity contribution is 5.94. The molecule has 0 bridgehead atoms. The fourth-order valence-electron chi connectivity index (χ4n) is 8.51. The van der Waals surface area contributed by atoms with Crippen molar-refractivity contribution in [1.82, 2.24) is 19.8 Å². The summed E-state index contributed by atoms with van der Waals surface area (Å²) < 4.78 is 20.9. The van der Waals surface area contributed by atoms with Gasteiger partial charge < -0.3 is 14.5 Å². The topological polar surface area (TPSA) is 85.6 Å². The minimum absolute atomic E-state index is 0.165. The lowest BCUT2D eigenvalue weighted by molar-refractivity contribution is -0.128. The molecule has 8 rings (SSSR count). The number of alkyl halides is 1. The van der Waals surface area contributed by atoms with E-state index in [0.717, 1.165) is 59.9 Å². The van der Waals surface area contributed by atoms with Gasteiger partial charge in [-0.05, 0) is 84.5 Å². The Balaban J connectivity index is 1.17. The predicted octanol–water partition coefficient (Wildman–Crippen LogP) is 5.03. The number of hydrogen-bond donors (Lipinski definition) is 0. The van der Waals surface area contributed by atoms with Gasteiger partial charge in [0.25, 0.3) is 0 Å². The number of carbonyl (C=O) groups excluding carboxylic acids is 1. The van der Waals surface area contributed by atoms with E-state index in [0.29, 0.717) is 39.2 Å². The zero-order chi connectivity index (χ0) is 30.0. The molecule has 2 aromatic carbocycles. The molecule has 3 saturated heterocycles. The molecule has 3 aliphatic heterocycles. The minimum Gasteiger partial charge on any atom is -0.461 e. The highest BCUT2D eigenvalue weighted by atomic mass is 19.1. The van der Waals surface area contributed by atoms with Gasteiger partial charge in [0.15, 0.2) is 0 Å². The highest BCUT2D eigenvalue weighted by Gasteiger charge is 2.49. The van der Waals surface area contributed by atoms with E-state index in [4.69, 9.17) is 14.7 Å². The number of piperazine rings is 1. The van der Waals surface area contributed by atoms with Crippen molar-refractivity contribution in [3.63, 3.8) is 0 Å². The number of hydrogen-bond acceptors (Lipinski definition) is 7. The first-order valence-electron chi connectivity index (χ1n) is 16.0. The molecule has 9 heteroatoms. The maximum Gasteiger partial charge on any atom is 0.319 e. The molecular weight excluding hydrogens is 555 g/mol. The van der Waals surface area contributed by atoms with Crippen LogP contribution in [-0.2, 0) is 11.2 Å². The summed E-state index contributed by atoms with van der Waals surface area (Å²) in [5.74, 6) is 2.09. The normalized spacial score (nSPS) is 28.8. The van der Waals surface area contributed by atoms with Crippen LogP contribution in [0.4, 0.5) is 10.2 Å². The van der Waals surface area contributed by atoms with Gasteiger partial charge in [-0.2, -0.15) is 15.2 Å². The van der Waals surface area contributed by atoms with Crippen molar-refractivity contribution in [1.29, 1.82) is 5.26 Å². The van der Waals surface area contributed by atoms with Gasteiger partial charge in [-0.25, -0.2) is 4.39 Å². The Kier molecular flexibility index (Phi) is 6.60. The summed E-state index contributed by atoms with van der Waals surface area (Å²) in [6.07, 6.45) is 5.58. The van der Waals surface area contributed by atoms with Crippen molar-refractivity contribution in [3.05, 3.63) is 60.2 Å². The summed E-state index contributed by atoms with van der Waals surface area (Å²) in [7, 11) is 0. The summed E-state index contributed by atoms with van der Waals surface area (Å²) >= 11 is 0. The Morgan fingerprint density at radius 2 is 2.11 bits per heavy atom. The van der Waals surface area contributed by atoms with E-state index in [9.17, 15) is 14.4 Å². The number of carbonyl (C=O) groups is 1. The van der Waals surface area contributed by atoms with Gasteiger partial charge >= 0.3 is 6.01 Å². The molecule has 44 heavy (non-hydrogen) atoms. The number of anilines is 1. The van der Waals surface area contributed by atoms with E-state index in [1.54, 1.807) is 4.90 Å². The van der Waals surface area contributed by atoms with Crippen LogP contribution in [0.25, 0.3) is 22.0 Å². The molecule has 5 aliphatic rings. The average Bonchev–Trinajstić information content (AvgIpc) is 3.38. The lowest BCUT2D eigenvalue weighted by atomic mass is 9.94. The number of ether oxygens (including phenoxy) is 1. The zero-order valence-corrected chi connectivity index (χ0v) is 24.9. The van der Waals surface area contributed by atoms with Gasteiger partial charge in [0.1, 0.15) is 18.6 Å². The smallest absolute Gasteiger partial charge is 0.319 e. The van der Waals surface area contributed by atoms with E-state index in [2.05, 4.69) is 58.8 Å². The average molecular weight is 593 g/mol. The summed E-state index contributed by atoms with van der Waals surface area (Å²) in [6, 6.07) is 15.3. The van der Waals surface area contributed by atoms with Crippen molar-refractivity contribution in [3.8, 4) is 23.2 Å². The Labute approximate surface area is 257 Å². The summed E-state index contributed by atoms with van der Waals surface area (Å²) in [5.41, 5.74) is 5.85. The number of benzene rings is 2. The second kappa shape index (κ2) is 10.6. The molecule has 1 amide bonds. The van der Waals surface area contributed by atoms with Gasteiger partial charge in [-0.3, -0.25) is 9.69 Å². The molecule has 4 heterocycles. The van der Waals surface area contributed by atoms with Crippen LogP contribution >= 0.6 is 0 Å². The lowest BCUT2D eigenvalue weighted by Crippen LogP contribution is -2.55. The molecule has 0 N–H and O–H groups in total. The summed E-state index contributed by atoms with van der Waals surface area (Å²) in [5, 5.41) is 10.4. The third-order valence-electron chi connectivity index (χ3n) is 10.8. The minimum atomic E-state index is -0.834. The van der Waals surface area contributed by atoms with E-state index in [1.807, 2.05) is 0 Å². The third-order valence-corrected chi connectivity index (χ3v) is 10.8. The molecule has 8 nitrogen and oxygen atoms in total. The van der Waals surface area contributed by atoms with Crippen LogP contribution < -0.4 is 9.64 Å². The molecule has 1 saturated carbocycles. The van der Waals surface area contributed by atoms with Crippen LogP contribution in [0.3, 0.4) is 0 Å². The highest BCUT2D eigenvalue weighted by Crippen LogP contribution is 2.57. The SMILES string of the molecule is C=CC(=O)N1CCN(c2nc(OC[C@@]34CCCN3C[C@H](F)C4)nc3cc(-c4cccc5c4CC4CC54)ccc23)C[C@@H]1CC#N. The number of nitrogens with zero attached hydrogens (tertiary/aromatic N) is 6. The monoisotopic (exact) mass is 592 g/mol. The van der Waals surface area contributed by atoms with Crippen LogP contribution in [0.1, 0.15) is 49.1 Å². The van der Waals surface area contributed by atoms with Gasteiger partial charge in [-0.1, -0.05) is 30.8 Å². The molecular formula is C35H37FN6O2. The Bertz CT molecular complexity index is 1700. The van der Waals surface area contributed by atoms with E-state index in [-0.39, 0.29) is 29.9 Å². The van der Waals surface area contributed by atoms with Crippen molar-refractivity contribution in [2.24, 2.45) is 5.92 Å². The second-order valence-corrected chi connectivity index (χ2v) is 13.3. The molecule has 2 unspecified atom stereocenters. The molecule has 226 valence electrons. The molecule has 5 atom stereocenters. The van der Waals surface area contributed by atoms with Crippen molar-refractivity contribution >= 4 is 22.6 Å². The fourth-order valence-corrected chi connectivity index (χ4v) is 8.51. The lowest BCUT2D eigenvalue weighted by Gasteiger charge is -2.41. The molecule has 0 radical (unpaired) electrons. The van der Waals surface area contributed by atoms with Gasteiger partial charge in [-0.15, -0.1) is 0 Å². The van der Waals surface area contributed by atoms with Gasteiger partial charge in [0, 0.05) is 38.0 Å². The molecule has 0 spiro atoms. The number of amides is 1. The molecule has 2 aliphatic carbocycles. The van der Waals surface area contributed by atoms with Crippen LogP contribution in [0.2, 0.25) is 0 Å². The molecule has 4 fully saturated rings.